The highest BCUT2D eigenvalue weighted by atomic mass is 79.9. The Morgan fingerprint density at radius 3 is 2.42 bits per heavy atom. The van der Waals surface area contributed by atoms with Gasteiger partial charge in [0.1, 0.15) is 11.8 Å². The summed E-state index contributed by atoms with van der Waals surface area (Å²) in [6.45, 7) is 2.54. The van der Waals surface area contributed by atoms with Crippen LogP contribution in [0.3, 0.4) is 0 Å². The molecular weight excluding hydrogens is 484 g/mol. The molecule has 1 atom stereocenters. The molecule has 7 nitrogen and oxygen atoms in total. The van der Waals surface area contributed by atoms with E-state index in [4.69, 9.17) is 21.7 Å². The molecule has 166 valence electrons. The van der Waals surface area contributed by atoms with Gasteiger partial charge < -0.3 is 25.2 Å². The quantitative estimate of drug-likeness (QED) is 0.236. The molecule has 2 aromatic carbocycles. The van der Waals surface area contributed by atoms with Crippen LogP contribution in [0.2, 0.25) is 0 Å². The zero-order chi connectivity index (χ0) is 22.6. The molecule has 0 aliphatic heterocycles. The molecule has 0 aliphatic carbocycles. The fourth-order valence-corrected chi connectivity index (χ4v) is 3.18. The Labute approximate surface area is 195 Å². The van der Waals surface area contributed by atoms with E-state index in [9.17, 15) is 14.7 Å². The van der Waals surface area contributed by atoms with Crippen LogP contribution in [0.1, 0.15) is 25.3 Å². The van der Waals surface area contributed by atoms with E-state index in [1.807, 2.05) is 36.4 Å². The molecule has 2 aromatic rings. The topological polar surface area (TPSA) is 96.9 Å². The maximum absolute atomic E-state index is 11.7. The molecule has 2 rings (SSSR count). The van der Waals surface area contributed by atoms with Crippen LogP contribution in [0.5, 0.6) is 5.75 Å². The fraction of sp³-hybridized carbons (Fsp3) is 0.318. The molecule has 0 aromatic heterocycles. The number of esters is 1. The van der Waals surface area contributed by atoms with Gasteiger partial charge in [0.15, 0.2) is 5.11 Å². The van der Waals surface area contributed by atoms with Gasteiger partial charge in [0.2, 0.25) is 0 Å². The number of rotatable bonds is 11. The van der Waals surface area contributed by atoms with Crippen LogP contribution in [-0.4, -0.2) is 41.4 Å². The highest BCUT2D eigenvalue weighted by Crippen LogP contribution is 2.16. The lowest BCUT2D eigenvalue weighted by molar-refractivity contribution is -0.143. The molecule has 0 unspecified atom stereocenters. The van der Waals surface area contributed by atoms with E-state index >= 15 is 0 Å². The molecule has 0 bridgehead atoms. The van der Waals surface area contributed by atoms with Gasteiger partial charge in [0, 0.05) is 23.0 Å². The van der Waals surface area contributed by atoms with E-state index in [-0.39, 0.29) is 17.5 Å². The van der Waals surface area contributed by atoms with Crippen molar-refractivity contribution in [3.8, 4) is 5.75 Å². The van der Waals surface area contributed by atoms with Crippen LogP contribution < -0.4 is 15.4 Å². The first kappa shape index (κ1) is 24.6. The van der Waals surface area contributed by atoms with Crippen LogP contribution in [0, 0.1) is 0 Å². The van der Waals surface area contributed by atoms with Crippen molar-refractivity contribution in [1.29, 1.82) is 0 Å². The third-order valence-corrected chi connectivity index (χ3v) is 4.92. The Morgan fingerprint density at radius 2 is 1.81 bits per heavy atom. The Morgan fingerprint density at radius 1 is 1.13 bits per heavy atom. The lowest BCUT2D eigenvalue weighted by Gasteiger charge is -2.18. The molecule has 9 heteroatoms. The summed E-state index contributed by atoms with van der Waals surface area (Å²) in [5, 5.41) is 15.6. The number of carboxylic acids is 1. The number of carbonyl (C=O) groups is 2. The number of aliphatic carboxylic acids is 1. The van der Waals surface area contributed by atoms with Gasteiger partial charge in [-0.2, -0.15) is 0 Å². The Balaban J connectivity index is 1.82. The number of hydrogen-bond acceptors (Lipinski definition) is 5. The van der Waals surface area contributed by atoms with E-state index in [0.717, 1.165) is 15.7 Å². The molecule has 0 saturated heterocycles. The Bertz CT molecular complexity index is 874. The van der Waals surface area contributed by atoms with Crippen molar-refractivity contribution in [2.24, 2.45) is 0 Å². The summed E-state index contributed by atoms with van der Waals surface area (Å²) >= 11 is 8.61. The van der Waals surface area contributed by atoms with Crippen molar-refractivity contribution in [3.05, 3.63) is 58.6 Å². The molecule has 31 heavy (non-hydrogen) atoms. The lowest BCUT2D eigenvalue weighted by Crippen LogP contribution is -2.44. The van der Waals surface area contributed by atoms with Gasteiger partial charge in [-0.3, -0.25) is 4.79 Å². The lowest BCUT2D eigenvalue weighted by atomic mass is 10.1. The average molecular weight is 509 g/mol. The molecule has 0 amide bonds. The van der Waals surface area contributed by atoms with Crippen LogP contribution in [-0.2, 0) is 20.7 Å². The van der Waals surface area contributed by atoms with Crippen LogP contribution in [0.25, 0.3) is 0 Å². The minimum absolute atomic E-state index is 0.233. The number of ether oxygens (including phenoxy) is 2. The Hall–Kier alpha value is -2.65. The molecule has 0 fully saturated rings. The van der Waals surface area contributed by atoms with Crippen molar-refractivity contribution >= 4 is 50.9 Å². The fourth-order valence-electron chi connectivity index (χ4n) is 2.66. The highest BCUT2D eigenvalue weighted by molar-refractivity contribution is 9.10. The number of thiocarbonyl (C=S) groups is 1. The minimum atomic E-state index is -1.00. The standard InChI is InChI=1S/C22H25BrN2O5S/c1-2-29-20(26)4-3-13-30-18-11-5-15(6-12-18)14-19(21(27)28)25-22(31)24-17-9-7-16(23)8-10-17/h5-12,19H,2-4,13-14H2,1H3,(H,27,28)(H2,24,25,31)/t19-/m0/s1. The zero-order valence-electron chi connectivity index (χ0n) is 17.1. The second kappa shape index (κ2) is 12.9. The van der Waals surface area contributed by atoms with Gasteiger partial charge in [-0.05, 0) is 67.5 Å². The van der Waals surface area contributed by atoms with Crippen LogP contribution >= 0.6 is 28.1 Å². The molecule has 0 aliphatic rings. The number of anilines is 1. The summed E-state index contributed by atoms with van der Waals surface area (Å²) in [5.74, 6) is -0.583. The van der Waals surface area contributed by atoms with E-state index in [0.29, 0.717) is 31.8 Å². The number of benzene rings is 2. The summed E-state index contributed by atoms with van der Waals surface area (Å²) in [7, 11) is 0. The third-order valence-electron chi connectivity index (χ3n) is 4.17. The summed E-state index contributed by atoms with van der Waals surface area (Å²) in [5.41, 5.74) is 1.58. The maximum Gasteiger partial charge on any atom is 0.326 e. The smallest absolute Gasteiger partial charge is 0.326 e. The number of hydrogen-bond donors (Lipinski definition) is 3. The molecule has 0 saturated carbocycles. The van der Waals surface area contributed by atoms with E-state index in [2.05, 4.69) is 26.6 Å². The average Bonchev–Trinajstić information content (AvgIpc) is 2.73. The third kappa shape index (κ3) is 9.35. The Kier molecular flexibility index (Phi) is 10.3. The number of nitrogens with one attached hydrogen (secondary N) is 2. The van der Waals surface area contributed by atoms with Gasteiger partial charge in [-0.15, -0.1) is 0 Å². The normalized spacial score (nSPS) is 11.3. The number of carbonyl (C=O) groups excluding carboxylic acids is 1. The first-order valence-corrected chi connectivity index (χ1v) is 11.0. The largest absolute Gasteiger partial charge is 0.494 e. The van der Waals surface area contributed by atoms with Crippen molar-refractivity contribution < 1.29 is 24.2 Å². The second-order valence-corrected chi connectivity index (χ2v) is 7.93. The van der Waals surface area contributed by atoms with E-state index in [1.54, 1.807) is 19.1 Å². The molecule has 0 spiro atoms. The van der Waals surface area contributed by atoms with Crippen molar-refractivity contribution in [2.45, 2.75) is 32.2 Å². The van der Waals surface area contributed by atoms with Crippen molar-refractivity contribution in [1.82, 2.24) is 5.32 Å². The van der Waals surface area contributed by atoms with Gasteiger partial charge in [0.25, 0.3) is 0 Å². The summed E-state index contributed by atoms with van der Waals surface area (Å²) < 4.78 is 11.4. The first-order chi connectivity index (χ1) is 14.9. The van der Waals surface area contributed by atoms with E-state index in [1.165, 1.54) is 0 Å². The monoisotopic (exact) mass is 508 g/mol. The van der Waals surface area contributed by atoms with Gasteiger partial charge in [0.05, 0.1) is 13.2 Å². The predicted octanol–water partition coefficient (Wildman–Crippen LogP) is 4.15. The first-order valence-electron chi connectivity index (χ1n) is 9.80. The maximum atomic E-state index is 11.7. The predicted molar refractivity (Wildman–Crippen MR) is 126 cm³/mol. The zero-order valence-corrected chi connectivity index (χ0v) is 19.5. The second-order valence-electron chi connectivity index (χ2n) is 6.60. The van der Waals surface area contributed by atoms with Gasteiger partial charge in [-0.1, -0.05) is 28.1 Å². The van der Waals surface area contributed by atoms with Crippen LogP contribution in [0.15, 0.2) is 53.0 Å². The molecular formula is C22H25BrN2O5S. The molecule has 0 radical (unpaired) electrons. The molecule has 0 heterocycles. The van der Waals surface area contributed by atoms with Crippen molar-refractivity contribution in [3.63, 3.8) is 0 Å². The van der Waals surface area contributed by atoms with Gasteiger partial charge in [-0.25, -0.2) is 4.79 Å². The van der Waals surface area contributed by atoms with Gasteiger partial charge >= 0.3 is 11.9 Å². The molecule has 3 N–H and O–H groups in total. The van der Waals surface area contributed by atoms with Crippen LogP contribution in [0.4, 0.5) is 5.69 Å². The summed E-state index contributed by atoms with van der Waals surface area (Å²) in [6, 6.07) is 13.7. The van der Waals surface area contributed by atoms with E-state index < -0.39 is 12.0 Å². The summed E-state index contributed by atoms with van der Waals surface area (Å²) in [6.07, 6.45) is 1.13. The van der Waals surface area contributed by atoms with Crippen molar-refractivity contribution in [2.75, 3.05) is 18.5 Å². The minimum Gasteiger partial charge on any atom is -0.494 e. The summed E-state index contributed by atoms with van der Waals surface area (Å²) in [4.78, 5) is 23.0. The number of carboxylic acid groups (broad SMARTS) is 1. The SMILES string of the molecule is CCOC(=O)CCCOc1ccc(C[C@H](NC(=S)Nc2ccc(Br)cc2)C(=O)O)cc1. The number of halogens is 1. The highest BCUT2D eigenvalue weighted by Gasteiger charge is 2.19.